The fourth-order valence-corrected chi connectivity index (χ4v) is 4.34. The lowest BCUT2D eigenvalue weighted by Crippen LogP contribution is -2.50. The van der Waals surface area contributed by atoms with Crippen molar-refractivity contribution in [2.45, 2.75) is 6.92 Å². The molecule has 0 aromatic heterocycles. The van der Waals surface area contributed by atoms with E-state index >= 15 is 0 Å². The van der Waals surface area contributed by atoms with Gasteiger partial charge in [-0.2, -0.15) is 0 Å². The molecule has 2 fully saturated rings. The lowest BCUT2D eigenvalue weighted by atomic mass is 10.2. The summed E-state index contributed by atoms with van der Waals surface area (Å²) in [5.41, 5.74) is 3.14. The lowest BCUT2D eigenvalue weighted by Gasteiger charge is -2.37. The molecule has 4 rings (SSSR count). The van der Waals surface area contributed by atoms with E-state index in [1.165, 1.54) is 28.3 Å². The van der Waals surface area contributed by atoms with E-state index in [0.29, 0.717) is 17.1 Å². The molecule has 0 atom stereocenters. The maximum absolute atomic E-state index is 13.1. The third-order valence-corrected chi connectivity index (χ3v) is 6.03. The average molecular weight is 412 g/mol. The standard InChI is InChI=1S/C22H22FN3O2S/c1-16-3-2-4-19(13-16)25-11-9-24(10-12-25)15-26-21(27)20(29-22(26)28)14-17-5-7-18(23)8-6-17/h2-8,13-14H,9-12,15H2,1H3. The molecule has 5 nitrogen and oxygen atoms in total. The highest BCUT2D eigenvalue weighted by Gasteiger charge is 2.36. The number of carbonyl (C=O) groups excluding carboxylic acids is 2. The molecule has 2 aromatic carbocycles. The van der Waals surface area contributed by atoms with E-state index in [2.05, 4.69) is 41.0 Å². The van der Waals surface area contributed by atoms with Gasteiger partial charge in [0.05, 0.1) is 11.6 Å². The number of piperazine rings is 1. The van der Waals surface area contributed by atoms with Crippen molar-refractivity contribution in [2.75, 3.05) is 37.7 Å². The summed E-state index contributed by atoms with van der Waals surface area (Å²) in [5, 5.41) is -0.260. The Morgan fingerprint density at radius 2 is 1.76 bits per heavy atom. The summed E-state index contributed by atoms with van der Waals surface area (Å²) in [5.74, 6) is -0.620. The van der Waals surface area contributed by atoms with E-state index in [4.69, 9.17) is 0 Å². The number of anilines is 1. The van der Waals surface area contributed by atoms with Gasteiger partial charge < -0.3 is 4.90 Å². The molecular weight excluding hydrogens is 389 g/mol. The Hall–Kier alpha value is -2.64. The zero-order valence-electron chi connectivity index (χ0n) is 16.2. The first-order chi connectivity index (χ1) is 14.0. The minimum absolute atomic E-state index is 0.260. The Balaban J connectivity index is 1.37. The maximum Gasteiger partial charge on any atom is 0.294 e. The van der Waals surface area contributed by atoms with Crippen LogP contribution in [0, 0.1) is 12.7 Å². The number of aryl methyl sites for hydroxylation is 1. The van der Waals surface area contributed by atoms with Crippen LogP contribution in [0.2, 0.25) is 0 Å². The number of halogens is 1. The molecule has 0 saturated carbocycles. The van der Waals surface area contributed by atoms with Gasteiger partial charge in [0.1, 0.15) is 5.82 Å². The molecule has 0 spiro atoms. The second-order valence-corrected chi connectivity index (χ2v) is 8.24. The summed E-state index contributed by atoms with van der Waals surface area (Å²) in [4.78, 5) is 31.2. The van der Waals surface area contributed by atoms with Crippen molar-refractivity contribution in [1.82, 2.24) is 9.80 Å². The normalized spacial score (nSPS) is 19.4. The third-order valence-electron chi connectivity index (χ3n) is 5.12. The minimum atomic E-state index is -0.333. The zero-order chi connectivity index (χ0) is 20.4. The molecule has 2 saturated heterocycles. The summed E-state index contributed by atoms with van der Waals surface area (Å²) < 4.78 is 13.1. The average Bonchev–Trinajstić information content (AvgIpc) is 2.98. The van der Waals surface area contributed by atoms with Crippen molar-refractivity contribution in [2.24, 2.45) is 0 Å². The Morgan fingerprint density at radius 3 is 2.45 bits per heavy atom. The number of rotatable bonds is 4. The number of amides is 2. The van der Waals surface area contributed by atoms with Gasteiger partial charge in [-0.1, -0.05) is 24.3 Å². The Kier molecular flexibility index (Phi) is 5.69. The van der Waals surface area contributed by atoms with Crippen LogP contribution in [0.5, 0.6) is 0 Å². The molecule has 7 heteroatoms. The number of hydrogen-bond donors (Lipinski definition) is 0. The quantitative estimate of drug-likeness (QED) is 0.713. The molecule has 2 aliphatic heterocycles. The van der Waals surface area contributed by atoms with Crippen molar-refractivity contribution in [3.8, 4) is 0 Å². The van der Waals surface area contributed by atoms with Gasteiger partial charge in [-0.05, 0) is 60.2 Å². The second kappa shape index (κ2) is 8.39. The van der Waals surface area contributed by atoms with Crippen LogP contribution in [-0.4, -0.2) is 53.8 Å². The highest BCUT2D eigenvalue weighted by molar-refractivity contribution is 8.18. The van der Waals surface area contributed by atoms with Gasteiger partial charge in [-0.15, -0.1) is 0 Å². The van der Waals surface area contributed by atoms with Crippen LogP contribution < -0.4 is 4.90 Å². The minimum Gasteiger partial charge on any atom is -0.369 e. The molecule has 150 valence electrons. The van der Waals surface area contributed by atoms with E-state index in [1.807, 2.05) is 0 Å². The second-order valence-electron chi connectivity index (χ2n) is 7.25. The number of nitrogens with zero attached hydrogens (tertiary/aromatic N) is 3. The Morgan fingerprint density at radius 1 is 1.03 bits per heavy atom. The Labute approximate surface area is 173 Å². The highest BCUT2D eigenvalue weighted by atomic mass is 32.2. The summed E-state index contributed by atoms with van der Waals surface area (Å²) in [6, 6.07) is 14.3. The molecule has 2 heterocycles. The van der Waals surface area contributed by atoms with Crippen LogP contribution in [0.1, 0.15) is 11.1 Å². The molecule has 0 N–H and O–H groups in total. The van der Waals surface area contributed by atoms with Gasteiger partial charge in [0.15, 0.2) is 0 Å². The van der Waals surface area contributed by atoms with E-state index < -0.39 is 0 Å². The topological polar surface area (TPSA) is 43.9 Å². The smallest absolute Gasteiger partial charge is 0.294 e. The summed E-state index contributed by atoms with van der Waals surface area (Å²) in [6.07, 6.45) is 1.64. The maximum atomic E-state index is 13.1. The summed E-state index contributed by atoms with van der Waals surface area (Å²) in [7, 11) is 0. The van der Waals surface area contributed by atoms with Gasteiger partial charge in [0.25, 0.3) is 11.1 Å². The van der Waals surface area contributed by atoms with Gasteiger partial charge in [0, 0.05) is 31.9 Å². The first kappa shape index (κ1) is 19.7. The number of hydrogen-bond acceptors (Lipinski definition) is 5. The fourth-order valence-electron chi connectivity index (χ4n) is 3.50. The largest absolute Gasteiger partial charge is 0.369 e. The monoisotopic (exact) mass is 411 g/mol. The predicted molar refractivity (Wildman–Crippen MR) is 114 cm³/mol. The first-order valence-electron chi connectivity index (χ1n) is 9.54. The predicted octanol–water partition coefficient (Wildman–Crippen LogP) is 3.95. The van der Waals surface area contributed by atoms with Crippen molar-refractivity contribution in [3.63, 3.8) is 0 Å². The SMILES string of the molecule is Cc1cccc(N2CCN(CN3C(=O)SC(=Cc4ccc(F)cc4)C3=O)CC2)c1. The van der Waals surface area contributed by atoms with Crippen LogP contribution >= 0.6 is 11.8 Å². The Bertz CT molecular complexity index is 953. The highest BCUT2D eigenvalue weighted by Crippen LogP contribution is 2.32. The molecular formula is C22H22FN3O2S. The third kappa shape index (κ3) is 4.52. The van der Waals surface area contributed by atoms with Crippen LogP contribution in [0.4, 0.5) is 14.9 Å². The van der Waals surface area contributed by atoms with Crippen LogP contribution in [0.15, 0.2) is 53.4 Å². The van der Waals surface area contributed by atoms with Crippen LogP contribution in [0.25, 0.3) is 6.08 Å². The van der Waals surface area contributed by atoms with Gasteiger partial charge in [-0.25, -0.2) is 4.39 Å². The van der Waals surface area contributed by atoms with Gasteiger partial charge >= 0.3 is 0 Å². The summed E-state index contributed by atoms with van der Waals surface area (Å²) in [6.45, 7) is 5.65. The van der Waals surface area contributed by atoms with Crippen molar-refractivity contribution < 1.29 is 14.0 Å². The molecule has 2 amide bonds. The number of carbonyl (C=O) groups is 2. The van der Waals surface area contributed by atoms with Crippen molar-refractivity contribution in [3.05, 3.63) is 70.4 Å². The molecule has 0 radical (unpaired) electrons. The molecule has 2 aromatic rings. The lowest BCUT2D eigenvalue weighted by molar-refractivity contribution is -0.124. The molecule has 0 unspecified atom stereocenters. The number of imide groups is 1. The first-order valence-corrected chi connectivity index (χ1v) is 10.4. The molecule has 0 bridgehead atoms. The molecule has 29 heavy (non-hydrogen) atoms. The fraction of sp³-hybridized carbons (Fsp3) is 0.273. The molecule has 2 aliphatic rings. The summed E-state index contributed by atoms with van der Waals surface area (Å²) >= 11 is 0.936. The number of benzene rings is 2. The van der Waals surface area contributed by atoms with Crippen LogP contribution in [0.3, 0.4) is 0 Å². The van der Waals surface area contributed by atoms with E-state index in [9.17, 15) is 14.0 Å². The number of thioether (sulfide) groups is 1. The van der Waals surface area contributed by atoms with Crippen molar-refractivity contribution in [1.29, 1.82) is 0 Å². The zero-order valence-corrected chi connectivity index (χ0v) is 17.0. The van der Waals surface area contributed by atoms with E-state index in [1.54, 1.807) is 18.2 Å². The van der Waals surface area contributed by atoms with Crippen LogP contribution in [-0.2, 0) is 4.79 Å². The van der Waals surface area contributed by atoms with Gasteiger partial charge in [0.2, 0.25) is 0 Å². The van der Waals surface area contributed by atoms with Crippen molar-refractivity contribution >= 4 is 34.7 Å². The van der Waals surface area contributed by atoms with Gasteiger partial charge in [-0.3, -0.25) is 19.4 Å². The molecule has 0 aliphatic carbocycles. The van der Waals surface area contributed by atoms with E-state index in [-0.39, 0.29) is 17.0 Å². The van der Waals surface area contributed by atoms with E-state index in [0.717, 1.165) is 37.9 Å².